The maximum Gasteiger partial charge on any atom is 0.418 e. The van der Waals surface area contributed by atoms with Crippen molar-refractivity contribution in [2.24, 2.45) is 0 Å². The standard InChI is InChI=1S/C23H15Cl3N8O2/c24-14-5-3-13(4-6-14)21-17(11-20-29-32-33-30-20)22(36-23(35)28-16-2-1-9-27-12-16)31-34(21)19-8-7-15(25)10-18(19)26/h1-10,12H,11H2,(H,28,35)(H,29,30,32,33). The topological polar surface area (TPSA) is 123 Å². The van der Waals surface area contributed by atoms with E-state index in [1.165, 1.54) is 6.20 Å². The molecule has 0 aliphatic heterocycles. The molecule has 0 aliphatic rings. The van der Waals surface area contributed by atoms with Gasteiger partial charge in [0.2, 0.25) is 5.88 Å². The Kier molecular flexibility index (Phi) is 6.81. The number of hydrogen-bond acceptors (Lipinski definition) is 7. The number of rotatable bonds is 6. The second-order valence-corrected chi connectivity index (χ2v) is 8.69. The highest BCUT2D eigenvalue weighted by Crippen LogP contribution is 2.37. The predicted octanol–water partition coefficient (Wildman–Crippen LogP) is 5.61. The predicted molar refractivity (Wildman–Crippen MR) is 135 cm³/mol. The quantitative estimate of drug-likeness (QED) is 0.286. The lowest BCUT2D eigenvalue weighted by atomic mass is 10.0. The van der Waals surface area contributed by atoms with Gasteiger partial charge in [-0.1, -0.05) is 52.1 Å². The molecule has 0 saturated carbocycles. The summed E-state index contributed by atoms with van der Waals surface area (Å²) in [4.78, 5) is 16.7. The van der Waals surface area contributed by atoms with Gasteiger partial charge in [0, 0.05) is 28.2 Å². The van der Waals surface area contributed by atoms with Gasteiger partial charge in [-0.15, -0.1) is 15.3 Å². The molecule has 0 fully saturated rings. The van der Waals surface area contributed by atoms with Crippen LogP contribution in [0.3, 0.4) is 0 Å². The maximum atomic E-state index is 12.8. The minimum absolute atomic E-state index is 0.0251. The van der Waals surface area contributed by atoms with E-state index >= 15 is 0 Å². The molecule has 3 heterocycles. The molecule has 5 rings (SSSR count). The van der Waals surface area contributed by atoms with Gasteiger partial charge in [0.25, 0.3) is 0 Å². The Morgan fingerprint density at radius 3 is 2.56 bits per heavy atom. The molecule has 0 atom stereocenters. The lowest BCUT2D eigenvalue weighted by Gasteiger charge is -2.11. The van der Waals surface area contributed by atoms with Crippen LogP contribution in [-0.2, 0) is 6.42 Å². The van der Waals surface area contributed by atoms with Crippen LogP contribution in [0.5, 0.6) is 5.88 Å². The fourth-order valence-electron chi connectivity index (χ4n) is 3.49. The highest BCUT2D eigenvalue weighted by atomic mass is 35.5. The average molecular weight is 542 g/mol. The van der Waals surface area contributed by atoms with Crippen LogP contribution in [0, 0.1) is 0 Å². The van der Waals surface area contributed by atoms with E-state index in [1.807, 2.05) is 12.1 Å². The van der Waals surface area contributed by atoms with E-state index < -0.39 is 6.09 Å². The number of tetrazole rings is 1. The van der Waals surface area contributed by atoms with Crippen molar-refractivity contribution in [2.45, 2.75) is 6.42 Å². The molecule has 3 aromatic heterocycles. The zero-order chi connectivity index (χ0) is 25.1. The number of H-pyrrole nitrogens is 1. The number of halogens is 3. The third-order valence-corrected chi connectivity index (χ3v) is 5.81. The smallest absolute Gasteiger partial charge is 0.389 e. The van der Waals surface area contributed by atoms with Crippen molar-refractivity contribution in [3.63, 3.8) is 0 Å². The monoisotopic (exact) mass is 540 g/mol. The van der Waals surface area contributed by atoms with Crippen molar-refractivity contribution in [3.8, 4) is 22.8 Å². The summed E-state index contributed by atoms with van der Waals surface area (Å²) in [5, 5.41) is 22.7. The Bertz CT molecular complexity index is 1510. The second-order valence-electron chi connectivity index (χ2n) is 7.41. The number of carbonyl (C=O) groups excluding carboxylic acids is 1. The molecule has 180 valence electrons. The summed E-state index contributed by atoms with van der Waals surface area (Å²) in [5.74, 6) is 0.390. The third kappa shape index (κ3) is 5.15. The number of nitrogens with zero attached hydrogens (tertiary/aromatic N) is 6. The van der Waals surface area contributed by atoms with Crippen molar-refractivity contribution in [3.05, 3.63) is 93.4 Å². The number of aromatic nitrogens is 7. The minimum atomic E-state index is -0.758. The van der Waals surface area contributed by atoms with E-state index in [9.17, 15) is 4.79 Å². The molecule has 0 unspecified atom stereocenters. The average Bonchev–Trinajstić information content (AvgIpc) is 3.49. The summed E-state index contributed by atoms with van der Waals surface area (Å²) >= 11 is 18.8. The van der Waals surface area contributed by atoms with Crippen molar-refractivity contribution < 1.29 is 9.53 Å². The Morgan fingerprint density at radius 1 is 1.06 bits per heavy atom. The highest BCUT2D eigenvalue weighted by Gasteiger charge is 2.26. The van der Waals surface area contributed by atoms with E-state index in [0.29, 0.717) is 43.5 Å². The molecular formula is C23H15Cl3N8O2. The Labute approximate surface area is 219 Å². The second kappa shape index (κ2) is 10.3. The maximum absolute atomic E-state index is 12.8. The molecule has 5 aromatic rings. The molecule has 36 heavy (non-hydrogen) atoms. The molecule has 0 spiro atoms. The van der Waals surface area contributed by atoms with Crippen molar-refractivity contribution in [1.82, 2.24) is 35.4 Å². The Balaban J connectivity index is 1.66. The molecule has 2 N–H and O–H groups in total. The number of benzene rings is 2. The number of pyridine rings is 1. The molecule has 1 amide bonds. The van der Waals surface area contributed by atoms with Crippen LogP contribution < -0.4 is 10.1 Å². The lowest BCUT2D eigenvalue weighted by Crippen LogP contribution is -2.18. The number of aromatic amines is 1. The number of carbonyl (C=O) groups is 1. The first-order valence-corrected chi connectivity index (χ1v) is 11.6. The number of hydrogen-bond donors (Lipinski definition) is 2. The van der Waals surface area contributed by atoms with E-state index in [0.717, 1.165) is 5.56 Å². The zero-order valence-corrected chi connectivity index (χ0v) is 20.5. The van der Waals surface area contributed by atoms with E-state index in [1.54, 1.807) is 53.3 Å². The first-order valence-electron chi connectivity index (χ1n) is 10.4. The first kappa shape index (κ1) is 23.7. The summed E-state index contributed by atoms with van der Waals surface area (Å²) in [5.41, 5.74) is 2.82. The van der Waals surface area contributed by atoms with Crippen LogP contribution in [0.4, 0.5) is 10.5 Å². The summed E-state index contributed by atoms with van der Waals surface area (Å²) in [7, 11) is 0. The summed E-state index contributed by atoms with van der Waals surface area (Å²) in [6.07, 6.45) is 2.48. The Morgan fingerprint density at radius 2 is 1.86 bits per heavy atom. The van der Waals surface area contributed by atoms with E-state index in [2.05, 4.69) is 36.0 Å². The summed E-state index contributed by atoms with van der Waals surface area (Å²) < 4.78 is 7.23. The summed E-state index contributed by atoms with van der Waals surface area (Å²) in [6.45, 7) is 0. The summed E-state index contributed by atoms with van der Waals surface area (Å²) in [6, 6.07) is 15.5. The van der Waals surface area contributed by atoms with Gasteiger partial charge in [0.1, 0.15) is 0 Å². The van der Waals surface area contributed by atoms with Gasteiger partial charge in [-0.3, -0.25) is 10.3 Å². The van der Waals surface area contributed by atoms with Gasteiger partial charge in [0.15, 0.2) is 5.82 Å². The third-order valence-electron chi connectivity index (χ3n) is 5.02. The molecular weight excluding hydrogens is 527 g/mol. The number of amides is 1. The number of ether oxygens (including phenoxy) is 1. The van der Waals surface area contributed by atoms with Crippen molar-refractivity contribution >= 4 is 46.6 Å². The fraction of sp³-hybridized carbons (Fsp3) is 0.0435. The van der Waals surface area contributed by atoms with Gasteiger partial charge in [-0.2, -0.15) is 5.21 Å². The van der Waals surface area contributed by atoms with Gasteiger partial charge in [-0.05, 0) is 42.5 Å². The fourth-order valence-corrected chi connectivity index (χ4v) is 4.10. The molecule has 0 bridgehead atoms. The minimum Gasteiger partial charge on any atom is -0.389 e. The first-order chi connectivity index (χ1) is 17.5. The lowest BCUT2D eigenvalue weighted by molar-refractivity contribution is 0.212. The van der Waals surface area contributed by atoms with Crippen LogP contribution in [-0.4, -0.2) is 41.5 Å². The van der Waals surface area contributed by atoms with E-state index in [-0.39, 0.29) is 12.3 Å². The van der Waals surface area contributed by atoms with Gasteiger partial charge >= 0.3 is 6.09 Å². The molecule has 10 nitrogen and oxygen atoms in total. The van der Waals surface area contributed by atoms with Gasteiger partial charge < -0.3 is 4.74 Å². The molecule has 0 radical (unpaired) electrons. The van der Waals surface area contributed by atoms with Gasteiger partial charge in [0.05, 0.1) is 33.9 Å². The van der Waals surface area contributed by atoms with E-state index in [4.69, 9.17) is 39.5 Å². The molecule has 0 aliphatic carbocycles. The Hall–Kier alpha value is -3.99. The largest absolute Gasteiger partial charge is 0.418 e. The van der Waals surface area contributed by atoms with Crippen molar-refractivity contribution in [1.29, 1.82) is 0 Å². The normalized spacial score (nSPS) is 10.9. The highest BCUT2D eigenvalue weighted by molar-refractivity contribution is 6.35. The van der Waals surface area contributed by atoms with Crippen LogP contribution in [0.2, 0.25) is 15.1 Å². The van der Waals surface area contributed by atoms with Crippen LogP contribution in [0.1, 0.15) is 11.4 Å². The number of nitrogens with one attached hydrogen (secondary N) is 2. The van der Waals surface area contributed by atoms with Gasteiger partial charge in [-0.25, -0.2) is 9.48 Å². The molecule has 0 saturated heterocycles. The van der Waals surface area contributed by atoms with Crippen molar-refractivity contribution in [2.75, 3.05) is 5.32 Å². The zero-order valence-electron chi connectivity index (χ0n) is 18.2. The molecule has 13 heteroatoms. The van der Waals surface area contributed by atoms with Crippen LogP contribution >= 0.6 is 34.8 Å². The molecule has 2 aromatic carbocycles. The van der Waals surface area contributed by atoms with Crippen LogP contribution in [0.15, 0.2) is 67.0 Å². The number of anilines is 1. The van der Waals surface area contributed by atoms with Crippen LogP contribution in [0.25, 0.3) is 16.9 Å². The SMILES string of the molecule is O=C(Nc1cccnc1)Oc1nn(-c2ccc(Cl)cc2Cl)c(-c2ccc(Cl)cc2)c1Cc1nn[nH]n1.